The molecule has 0 bridgehead atoms. The zero-order chi connectivity index (χ0) is 17.9. The van der Waals surface area contributed by atoms with E-state index in [1.165, 1.54) is 6.92 Å². The smallest absolute Gasteiger partial charge is 0.333 e. The van der Waals surface area contributed by atoms with Gasteiger partial charge in [0.2, 0.25) is 0 Å². The number of hydroxylamine groups is 2. The van der Waals surface area contributed by atoms with Gasteiger partial charge in [-0.15, -0.1) is 5.06 Å². The van der Waals surface area contributed by atoms with Crippen molar-refractivity contribution in [1.82, 2.24) is 5.06 Å². The highest BCUT2D eigenvalue weighted by atomic mass is 16.7. The Morgan fingerprint density at radius 1 is 1.21 bits per heavy atom. The van der Waals surface area contributed by atoms with Crippen molar-refractivity contribution in [3.8, 4) is 0 Å². The third-order valence-corrected chi connectivity index (χ3v) is 2.90. The molecule has 0 aromatic carbocycles. The molecule has 2 amide bonds. The molecule has 0 saturated carbocycles. The van der Waals surface area contributed by atoms with Crippen molar-refractivity contribution in [3.05, 3.63) is 0 Å². The molecule has 24 heavy (non-hydrogen) atoms. The van der Waals surface area contributed by atoms with Gasteiger partial charge >= 0.3 is 11.9 Å². The van der Waals surface area contributed by atoms with Crippen LogP contribution in [0.25, 0.3) is 0 Å². The molecule has 1 aliphatic heterocycles. The van der Waals surface area contributed by atoms with E-state index in [9.17, 15) is 24.0 Å². The van der Waals surface area contributed by atoms with Crippen molar-refractivity contribution in [2.45, 2.75) is 38.7 Å². The van der Waals surface area contributed by atoms with Gasteiger partial charge < -0.3 is 19.0 Å². The van der Waals surface area contributed by atoms with Gasteiger partial charge in [0.1, 0.15) is 19.3 Å². The third kappa shape index (κ3) is 7.18. The Morgan fingerprint density at radius 3 is 2.46 bits per heavy atom. The summed E-state index contributed by atoms with van der Waals surface area (Å²) in [6.07, 6.45) is -0.427. The molecule has 1 fully saturated rings. The normalized spacial score (nSPS) is 15.1. The first-order chi connectivity index (χ1) is 11.4. The number of nitrogens with zero attached hydrogens (tertiary/aromatic N) is 1. The van der Waals surface area contributed by atoms with Crippen LogP contribution in [-0.2, 0) is 43.0 Å². The predicted octanol–water partition coefficient (Wildman–Crippen LogP) is -0.505. The number of esters is 1. The molecule has 134 valence electrons. The number of carbonyl (C=O) groups is 5. The van der Waals surface area contributed by atoms with Crippen LogP contribution in [0.4, 0.5) is 0 Å². The number of hydrogen-bond acceptors (Lipinski definition) is 9. The first kappa shape index (κ1) is 19.6. The van der Waals surface area contributed by atoms with Gasteiger partial charge in [-0.1, -0.05) is 0 Å². The molecule has 1 rings (SSSR count). The molecule has 0 N–H and O–H groups in total. The SMILES string of the molecule is CC(=O)OCC(COC=O)OCCCC(=O)ON1C(=O)CCC1=O. The summed E-state index contributed by atoms with van der Waals surface area (Å²) in [6, 6.07) is 0. The highest BCUT2D eigenvalue weighted by Gasteiger charge is 2.32. The molecule has 1 heterocycles. The van der Waals surface area contributed by atoms with Gasteiger partial charge in [0.15, 0.2) is 0 Å². The van der Waals surface area contributed by atoms with E-state index in [0.717, 1.165) is 0 Å². The fraction of sp³-hybridized carbons (Fsp3) is 0.643. The third-order valence-electron chi connectivity index (χ3n) is 2.90. The Bertz CT molecular complexity index is 475. The van der Waals surface area contributed by atoms with Crippen LogP contribution in [0.15, 0.2) is 0 Å². The van der Waals surface area contributed by atoms with E-state index in [2.05, 4.69) is 9.57 Å². The lowest BCUT2D eigenvalue weighted by Gasteiger charge is -2.16. The maximum atomic E-state index is 11.6. The van der Waals surface area contributed by atoms with Crippen molar-refractivity contribution in [1.29, 1.82) is 0 Å². The Morgan fingerprint density at radius 2 is 1.88 bits per heavy atom. The molecule has 10 nitrogen and oxygen atoms in total. The first-order valence-corrected chi connectivity index (χ1v) is 7.30. The maximum absolute atomic E-state index is 11.6. The average Bonchev–Trinajstić information content (AvgIpc) is 2.85. The molecule has 0 spiro atoms. The molecular formula is C14H19NO9. The van der Waals surface area contributed by atoms with Crippen LogP contribution in [0.1, 0.15) is 32.6 Å². The lowest BCUT2D eigenvalue weighted by molar-refractivity contribution is -0.197. The second kappa shape index (κ2) is 10.3. The molecule has 1 unspecified atom stereocenters. The van der Waals surface area contributed by atoms with E-state index in [4.69, 9.17) is 9.47 Å². The van der Waals surface area contributed by atoms with Crippen LogP contribution < -0.4 is 0 Å². The van der Waals surface area contributed by atoms with Gasteiger partial charge in [-0.25, -0.2) is 4.79 Å². The Hall–Kier alpha value is -2.49. The molecule has 1 aliphatic rings. The molecule has 10 heteroatoms. The summed E-state index contributed by atoms with van der Waals surface area (Å²) in [4.78, 5) is 59.7. The summed E-state index contributed by atoms with van der Waals surface area (Å²) in [5, 5.41) is 0.477. The highest BCUT2D eigenvalue weighted by molar-refractivity contribution is 6.01. The molecule has 0 aromatic heterocycles. The quantitative estimate of drug-likeness (QED) is 0.211. The van der Waals surface area contributed by atoms with Crippen LogP contribution in [0.3, 0.4) is 0 Å². The highest BCUT2D eigenvalue weighted by Crippen LogP contribution is 2.13. The molecular weight excluding hydrogens is 326 g/mol. The molecule has 0 radical (unpaired) electrons. The summed E-state index contributed by atoms with van der Waals surface area (Å²) in [5.74, 6) is -2.32. The number of ether oxygens (including phenoxy) is 3. The first-order valence-electron chi connectivity index (χ1n) is 7.30. The number of hydrogen-bond donors (Lipinski definition) is 0. The van der Waals surface area contributed by atoms with Crippen LogP contribution in [-0.4, -0.2) is 61.2 Å². The predicted molar refractivity (Wildman–Crippen MR) is 74.8 cm³/mol. The minimum Gasteiger partial charge on any atom is -0.465 e. The van der Waals surface area contributed by atoms with Crippen molar-refractivity contribution < 1.29 is 43.0 Å². The van der Waals surface area contributed by atoms with Gasteiger partial charge in [0.05, 0.1) is 6.42 Å². The van der Waals surface area contributed by atoms with E-state index in [-0.39, 0.29) is 52.0 Å². The number of carbonyl (C=O) groups excluding carboxylic acids is 5. The van der Waals surface area contributed by atoms with Gasteiger partial charge in [-0.2, -0.15) is 0 Å². The van der Waals surface area contributed by atoms with Crippen molar-refractivity contribution in [3.63, 3.8) is 0 Å². The maximum Gasteiger partial charge on any atom is 0.333 e. The van der Waals surface area contributed by atoms with Gasteiger partial charge in [-0.05, 0) is 6.42 Å². The number of rotatable bonds is 11. The zero-order valence-corrected chi connectivity index (χ0v) is 13.2. The van der Waals surface area contributed by atoms with E-state index in [1.54, 1.807) is 0 Å². The largest absolute Gasteiger partial charge is 0.465 e. The summed E-state index contributed by atoms with van der Waals surface area (Å²) in [7, 11) is 0. The second-order valence-corrected chi connectivity index (χ2v) is 4.87. The molecule has 0 aliphatic carbocycles. The summed E-state index contributed by atoms with van der Waals surface area (Å²) in [5.41, 5.74) is 0. The Kier molecular flexibility index (Phi) is 8.41. The van der Waals surface area contributed by atoms with Gasteiger partial charge in [0, 0.05) is 26.4 Å². The zero-order valence-electron chi connectivity index (χ0n) is 13.2. The van der Waals surface area contributed by atoms with Gasteiger partial charge in [-0.3, -0.25) is 19.2 Å². The fourth-order valence-corrected chi connectivity index (χ4v) is 1.77. The average molecular weight is 345 g/mol. The van der Waals surface area contributed by atoms with Crippen LogP contribution in [0.2, 0.25) is 0 Å². The van der Waals surface area contributed by atoms with Crippen LogP contribution in [0.5, 0.6) is 0 Å². The van der Waals surface area contributed by atoms with Crippen molar-refractivity contribution >= 4 is 30.2 Å². The summed E-state index contributed by atoms with van der Waals surface area (Å²) < 4.78 is 14.6. The minimum atomic E-state index is -0.733. The Labute approximate surface area is 137 Å². The Balaban J connectivity index is 2.24. The molecule has 1 saturated heterocycles. The van der Waals surface area contributed by atoms with E-state index in [0.29, 0.717) is 5.06 Å². The minimum absolute atomic E-state index is 0.0315. The molecule has 1 atom stereocenters. The lowest BCUT2D eigenvalue weighted by atomic mass is 10.3. The molecule has 0 aromatic rings. The standard InChI is InChI=1S/C14H19NO9/c1-10(17)23-8-11(7-21-9-16)22-6-2-3-14(20)24-15-12(18)4-5-13(15)19/h9,11H,2-8H2,1H3. The fourth-order valence-electron chi connectivity index (χ4n) is 1.77. The van der Waals surface area contributed by atoms with E-state index < -0.39 is 29.9 Å². The monoisotopic (exact) mass is 345 g/mol. The van der Waals surface area contributed by atoms with Crippen LogP contribution in [0, 0.1) is 0 Å². The number of imide groups is 1. The summed E-state index contributed by atoms with van der Waals surface area (Å²) >= 11 is 0. The van der Waals surface area contributed by atoms with Crippen molar-refractivity contribution in [2.24, 2.45) is 0 Å². The van der Waals surface area contributed by atoms with E-state index in [1.807, 2.05) is 0 Å². The topological polar surface area (TPSA) is 126 Å². The van der Waals surface area contributed by atoms with Crippen LogP contribution >= 0.6 is 0 Å². The van der Waals surface area contributed by atoms with Gasteiger partial charge in [0.25, 0.3) is 18.3 Å². The second-order valence-electron chi connectivity index (χ2n) is 4.87. The number of amides is 2. The van der Waals surface area contributed by atoms with Crippen molar-refractivity contribution in [2.75, 3.05) is 19.8 Å². The lowest BCUT2D eigenvalue weighted by Crippen LogP contribution is -2.32. The summed E-state index contributed by atoms with van der Waals surface area (Å²) in [6.45, 7) is 1.38. The van der Waals surface area contributed by atoms with E-state index >= 15 is 0 Å².